The van der Waals surface area contributed by atoms with Gasteiger partial charge in [0.25, 0.3) is 0 Å². The number of rotatable bonds is 4. The van der Waals surface area contributed by atoms with Crippen LogP contribution in [0.15, 0.2) is 22.8 Å². The molecule has 1 aromatic rings. The van der Waals surface area contributed by atoms with Gasteiger partial charge in [0.05, 0.1) is 17.8 Å². The maximum atomic E-state index is 11.2. The summed E-state index contributed by atoms with van der Waals surface area (Å²) in [6.07, 6.45) is 1.39. The summed E-state index contributed by atoms with van der Waals surface area (Å²) in [5.74, 6) is 0.896. The highest BCUT2D eigenvalue weighted by Gasteiger charge is 2.27. The van der Waals surface area contributed by atoms with Gasteiger partial charge in [0.2, 0.25) is 0 Å². The summed E-state index contributed by atoms with van der Waals surface area (Å²) < 4.78 is 27.4. The molecule has 16 heavy (non-hydrogen) atoms. The van der Waals surface area contributed by atoms with Crippen LogP contribution in [0.4, 0.5) is 0 Å². The van der Waals surface area contributed by atoms with Crippen molar-refractivity contribution in [1.29, 1.82) is 0 Å². The van der Waals surface area contributed by atoms with Gasteiger partial charge in [0.15, 0.2) is 9.84 Å². The van der Waals surface area contributed by atoms with Gasteiger partial charge in [-0.25, -0.2) is 8.42 Å². The van der Waals surface area contributed by atoms with E-state index in [1.54, 1.807) is 12.1 Å². The number of nitrogens with one attached hydrogen (secondary N) is 1. The Morgan fingerprint density at radius 2 is 2.44 bits per heavy atom. The van der Waals surface area contributed by atoms with Crippen LogP contribution in [0.5, 0.6) is 0 Å². The van der Waals surface area contributed by atoms with E-state index >= 15 is 0 Å². The number of hydrogen-bond acceptors (Lipinski definition) is 5. The molecule has 5 nitrogen and oxygen atoms in total. The summed E-state index contributed by atoms with van der Waals surface area (Å²) in [5, 5.41) is 12.7. The third kappa shape index (κ3) is 2.84. The standard InChI is InChI=1S/C10H15NO4S/c12-9(10-2-1-4-15-10)6-11-8-3-5-16(13,14)7-8/h1-2,4,8-9,11-12H,3,5-7H2. The lowest BCUT2D eigenvalue weighted by atomic mass is 10.2. The average Bonchev–Trinajstić information content (AvgIpc) is 2.83. The molecular weight excluding hydrogens is 230 g/mol. The molecule has 0 saturated carbocycles. The summed E-state index contributed by atoms with van der Waals surface area (Å²) >= 11 is 0. The molecule has 1 fully saturated rings. The van der Waals surface area contributed by atoms with Crippen LogP contribution in [-0.2, 0) is 9.84 Å². The molecule has 0 bridgehead atoms. The van der Waals surface area contributed by atoms with Crippen LogP contribution in [0.2, 0.25) is 0 Å². The monoisotopic (exact) mass is 245 g/mol. The van der Waals surface area contributed by atoms with Gasteiger partial charge < -0.3 is 14.8 Å². The van der Waals surface area contributed by atoms with Gasteiger partial charge in [0, 0.05) is 12.6 Å². The predicted octanol–water partition coefficient (Wildman–Crippen LogP) is 0.0897. The summed E-state index contributed by atoms with van der Waals surface area (Å²) in [7, 11) is -2.86. The van der Waals surface area contributed by atoms with Crippen molar-refractivity contribution in [3.8, 4) is 0 Å². The van der Waals surface area contributed by atoms with Gasteiger partial charge in [-0.05, 0) is 18.6 Å². The lowest BCUT2D eigenvalue weighted by Crippen LogP contribution is -2.33. The summed E-state index contributed by atoms with van der Waals surface area (Å²) in [4.78, 5) is 0. The second-order valence-corrected chi connectivity index (χ2v) is 6.27. The number of aliphatic hydroxyl groups excluding tert-OH is 1. The van der Waals surface area contributed by atoms with E-state index < -0.39 is 15.9 Å². The van der Waals surface area contributed by atoms with Gasteiger partial charge in [-0.3, -0.25) is 0 Å². The molecule has 1 saturated heterocycles. The number of aliphatic hydroxyl groups is 1. The van der Waals surface area contributed by atoms with Gasteiger partial charge >= 0.3 is 0 Å². The summed E-state index contributed by atoms with van der Waals surface area (Å²) in [6, 6.07) is 3.35. The van der Waals surface area contributed by atoms with Crippen molar-refractivity contribution in [2.45, 2.75) is 18.6 Å². The molecule has 0 spiro atoms. The molecule has 2 heterocycles. The fraction of sp³-hybridized carbons (Fsp3) is 0.600. The molecule has 6 heteroatoms. The van der Waals surface area contributed by atoms with Gasteiger partial charge in [0.1, 0.15) is 11.9 Å². The minimum Gasteiger partial charge on any atom is -0.467 e. The summed E-state index contributed by atoms with van der Waals surface area (Å²) in [5.41, 5.74) is 0. The lowest BCUT2D eigenvalue weighted by Gasteiger charge is -2.13. The fourth-order valence-electron chi connectivity index (χ4n) is 1.82. The maximum Gasteiger partial charge on any atom is 0.151 e. The van der Waals surface area contributed by atoms with E-state index in [0.29, 0.717) is 18.7 Å². The van der Waals surface area contributed by atoms with Crippen molar-refractivity contribution in [2.75, 3.05) is 18.1 Å². The maximum absolute atomic E-state index is 11.2. The average molecular weight is 245 g/mol. The second-order valence-electron chi connectivity index (χ2n) is 4.04. The van der Waals surface area contributed by atoms with Crippen LogP contribution in [0.1, 0.15) is 18.3 Å². The van der Waals surface area contributed by atoms with Crippen LogP contribution >= 0.6 is 0 Å². The molecule has 1 aromatic heterocycles. The van der Waals surface area contributed by atoms with Crippen LogP contribution in [0, 0.1) is 0 Å². The smallest absolute Gasteiger partial charge is 0.151 e. The minimum atomic E-state index is -2.86. The molecule has 2 atom stereocenters. The molecule has 0 amide bonds. The Kier molecular flexibility index (Phi) is 3.32. The van der Waals surface area contributed by atoms with Crippen LogP contribution in [-0.4, -0.2) is 37.6 Å². The zero-order valence-electron chi connectivity index (χ0n) is 8.80. The second kappa shape index (κ2) is 4.57. The first-order valence-electron chi connectivity index (χ1n) is 5.22. The molecule has 0 aromatic carbocycles. The first-order chi connectivity index (χ1) is 7.57. The SMILES string of the molecule is O=S1(=O)CCC(NCC(O)c2ccco2)C1. The van der Waals surface area contributed by atoms with Crippen molar-refractivity contribution in [3.05, 3.63) is 24.2 Å². The molecular formula is C10H15NO4S. The molecule has 1 aliphatic heterocycles. The third-order valence-electron chi connectivity index (χ3n) is 2.70. The molecule has 2 rings (SSSR count). The quantitative estimate of drug-likeness (QED) is 0.786. The van der Waals surface area contributed by atoms with Gasteiger partial charge in [-0.1, -0.05) is 0 Å². The molecule has 0 radical (unpaired) electrons. The van der Waals surface area contributed by atoms with E-state index in [1.807, 2.05) is 0 Å². The normalized spacial score (nSPS) is 25.7. The number of sulfone groups is 1. The topological polar surface area (TPSA) is 79.5 Å². The first-order valence-corrected chi connectivity index (χ1v) is 7.04. The van der Waals surface area contributed by atoms with Crippen molar-refractivity contribution in [3.63, 3.8) is 0 Å². The molecule has 1 aliphatic rings. The van der Waals surface area contributed by atoms with E-state index in [4.69, 9.17) is 4.42 Å². The molecule has 2 N–H and O–H groups in total. The Morgan fingerprint density at radius 1 is 1.62 bits per heavy atom. The first kappa shape index (κ1) is 11.6. The Bertz CT molecular complexity index is 426. The Morgan fingerprint density at radius 3 is 3.00 bits per heavy atom. The van der Waals surface area contributed by atoms with Crippen LogP contribution < -0.4 is 5.32 Å². The predicted molar refractivity (Wildman–Crippen MR) is 58.7 cm³/mol. The van der Waals surface area contributed by atoms with Crippen LogP contribution in [0.3, 0.4) is 0 Å². The Balaban J connectivity index is 1.80. The highest BCUT2D eigenvalue weighted by molar-refractivity contribution is 7.91. The molecule has 90 valence electrons. The van der Waals surface area contributed by atoms with Crippen molar-refractivity contribution in [2.24, 2.45) is 0 Å². The van der Waals surface area contributed by atoms with Crippen LogP contribution in [0.25, 0.3) is 0 Å². The zero-order valence-corrected chi connectivity index (χ0v) is 9.61. The lowest BCUT2D eigenvalue weighted by molar-refractivity contribution is 0.144. The Labute approximate surface area is 94.4 Å². The van der Waals surface area contributed by atoms with Crippen molar-refractivity contribution < 1.29 is 17.9 Å². The van der Waals surface area contributed by atoms with E-state index in [9.17, 15) is 13.5 Å². The van der Waals surface area contributed by atoms with Crippen molar-refractivity contribution in [1.82, 2.24) is 5.32 Å². The van der Waals surface area contributed by atoms with E-state index in [0.717, 1.165) is 0 Å². The van der Waals surface area contributed by atoms with E-state index in [1.165, 1.54) is 6.26 Å². The van der Waals surface area contributed by atoms with Gasteiger partial charge in [-0.15, -0.1) is 0 Å². The van der Waals surface area contributed by atoms with E-state index in [2.05, 4.69) is 5.32 Å². The molecule has 2 unspecified atom stereocenters. The van der Waals surface area contributed by atoms with Crippen molar-refractivity contribution >= 4 is 9.84 Å². The summed E-state index contributed by atoms with van der Waals surface area (Å²) in [6.45, 7) is 0.313. The number of hydrogen-bond donors (Lipinski definition) is 2. The number of furan rings is 1. The highest BCUT2D eigenvalue weighted by Crippen LogP contribution is 2.15. The minimum absolute atomic E-state index is 0.0467. The third-order valence-corrected chi connectivity index (χ3v) is 4.47. The fourth-order valence-corrected chi connectivity index (χ4v) is 3.52. The highest BCUT2D eigenvalue weighted by atomic mass is 32.2. The van der Waals surface area contributed by atoms with E-state index in [-0.39, 0.29) is 17.5 Å². The molecule has 0 aliphatic carbocycles. The van der Waals surface area contributed by atoms with Gasteiger partial charge in [-0.2, -0.15) is 0 Å². The zero-order chi connectivity index (χ0) is 11.6. The Hall–Kier alpha value is -0.850. The largest absolute Gasteiger partial charge is 0.467 e.